The summed E-state index contributed by atoms with van der Waals surface area (Å²) in [4.78, 5) is 13.4. The molecule has 0 aliphatic heterocycles. The Bertz CT molecular complexity index is 697. The fourth-order valence-electron chi connectivity index (χ4n) is 2.74. The molecule has 0 bridgehead atoms. The van der Waals surface area contributed by atoms with Gasteiger partial charge in [-0.2, -0.15) is 0 Å². The van der Waals surface area contributed by atoms with Crippen LogP contribution in [0.5, 0.6) is 0 Å². The minimum absolute atomic E-state index is 0.000742. The van der Waals surface area contributed by atoms with Crippen LogP contribution in [0.4, 0.5) is 14.6 Å². The van der Waals surface area contributed by atoms with E-state index in [0.717, 1.165) is 16.4 Å². The van der Waals surface area contributed by atoms with E-state index < -0.39 is 5.92 Å². The molecule has 2 aromatic rings. The molecule has 0 aromatic carbocycles. The van der Waals surface area contributed by atoms with E-state index in [-0.39, 0.29) is 18.9 Å². The summed E-state index contributed by atoms with van der Waals surface area (Å²) in [7, 11) is 1.60. The molecule has 0 saturated heterocycles. The summed E-state index contributed by atoms with van der Waals surface area (Å²) in [6, 6.07) is 1.81. The molecule has 24 heavy (non-hydrogen) atoms. The molecule has 0 unspecified atom stereocenters. The van der Waals surface area contributed by atoms with Crippen molar-refractivity contribution in [2.24, 2.45) is 0 Å². The summed E-state index contributed by atoms with van der Waals surface area (Å²) in [6.45, 7) is 2.28. The smallest absolute Gasteiger partial charge is 0.248 e. The number of thiazole rings is 1. The Labute approximate surface area is 143 Å². The fraction of sp³-hybridized carbons (Fsp3) is 0.562. The molecule has 5 nitrogen and oxygen atoms in total. The monoisotopic (exact) mass is 354 g/mol. The quantitative estimate of drug-likeness (QED) is 0.878. The van der Waals surface area contributed by atoms with E-state index in [0.29, 0.717) is 31.1 Å². The lowest BCUT2D eigenvalue weighted by atomic mass is 9.92. The van der Waals surface area contributed by atoms with Crippen LogP contribution in [0.25, 0.3) is 10.8 Å². The third-order valence-corrected chi connectivity index (χ3v) is 4.91. The summed E-state index contributed by atoms with van der Waals surface area (Å²) in [5, 5.41) is 5.95. The van der Waals surface area contributed by atoms with Crippen LogP contribution in [0.15, 0.2) is 11.4 Å². The first-order chi connectivity index (χ1) is 11.4. The normalized spacial score (nSPS) is 17.8. The van der Waals surface area contributed by atoms with Crippen molar-refractivity contribution >= 4 is 17.2 Å². The molecule has 2 aromatic heterocycles. The third kappa shape index (κ3) is 4.24. The van der Waals surface area contributed by atoms with Crippen molar-refractivity contribution in [1.29, 1.82) is 0 Å². The Morgan fingerprint density at radius 1 is 1.29 bits per heavy atom. The average molecular weight is 354 g/mol. The van der Waals surface area contributed by atoms with E-state index in [1.165, 1.54) is 11.3 Å². The van der Waals surface area contributed by atoms with E-state index in [1.54, 1.807) is 13.2 Å². The largest absolute Gasteiger partial charge is 0.378 e. The number of halogens is 2. The topological polar surface area (TPSA) is 59.9 Å². The SMILES string of the molecule is COCc1cc(NC2CCC(F)(F)CC2)nc(-c2nc(C)cs2)n1. The fourth-order valence-corrected chi connectivity index (χ4v) is 3.47. The zero-order valence-electron chi connectivity index (χ0n) is 13.7. The number of alkyl halides is 2. The number of nitrogens with zero attached hydrogens (tertiary/aromatic N) is 3. The summed E-state index contributed by atoms with van der Waals surface area (Å²) in [5.41, 5.74) is 1.65. The first kappa shape index (κ1) is 17.2. The molecular weight excluding hydrogens is 334 g/mol. The highest BCUT2D eigenvalue weighted by Gasteiger charge is 2.35. The van der Waals surface area contributed by atoms with Gasteiger partial charge in [0.05, 0.1) is 12.3 Å². The number of aromatic nitrogens is 3. The maximum Gasteiger partial charge on any atom is 0.248 e. The summed E-state index contributed by atoms with van der Waals surface area (Å²) >= 11 is 1.48. The zero-order valence-corrected chi connectivity index (χ0v) is 14.5. The zero-order chi connectivity index (χ0) is 17.2. The van der Waals surface area contributed by atoms with Gasteiger partial charge in [0.15, 0.2) is 10.8 Å². The van der Waals surface area contributed by atoms with Gasteiger partial charge in [0.25, 0.3) is 0 Å². The number of ether oxygens (including phenoxy) is 1. The lowest BCUT2D eigenvalue weighted by molar-refractivity contribution is -0.0361. The molecule has 0 radical (unpaired) electrons. The van der Waals surface area contributed by atoms with Crippen molar-refractivity contribution < 1.29 is 13.5 Å². The van der Waals surface area contributed by atoms with E-state index >= 15 is 0 Å². The van der Waals surface area contributed by atoms with Gasteiger partial charge in [0.1, 0.15) is 5.82 Å². The van der Waals surface area contributed by atoms with Gasteiger partial charge in [-0.1, -0.05) is 0 Å². The number of methoxy groups -OCH3 is 1. The van der Waals surface area contributed by atoms with Crippen molar-refractivity contribution in [2.75, 3.05) is 12.4 Å². The molecule has 3 rings (SSSR count). The van der Waals surface area contributed by atoms with Gasteiger partial charge in [0, 0.05) is 43.1 Å². The van der Waals surface area contributed by atoms with Crippen molar-refractivity contribution in [3.05, 3.63) is 22.8 Å². The summed E-state index contributed by atoms with van der Waals surface area (Å²) < 4.78 is 31.7. The minimum Gasteiger partial charge on any atom is -0.378 e. The first-order valence-electron chi connectivity index (χ1n) is 7.89. The molecule has 8 heteroatoms. The van der Waals surface area contributed by atoms with Crippen LogP contribution in [0.1, 0.15) is 37.1 Å². The second kappa shape index (κ2) is 7.06. The van der Waals surface area contributed by atoms with Crippen LogP contribution in [0, 0.1) is 6.92 Å². The third-order valence-electron chi connectivity index (χ3n) is 3.95. The van der Waals surface area contributed by atoms with Crippen LogP contribution < -0.4 is 5.32 Å². The molecule has 0 atom stereocenters. The molecule has 0 amide bonds. The molecule has 1 N–H and O–H groups in total. The predicted molar refractivity (Wildman–Crippen MR) is 89.4 cm³/mol. The van der Waals surface area contributed by atoms with Crippen LogP contribution in [0.3, 0.4) is 0 Å². The van der Waals surface area contributed by atoms with Crippen molar-refractivity contribution in [1.82, 2.24) is 15.0 Å². The van der Waals surface area contributed by atoms with Crippen molar-refractivity contribution in [3.8, 4) is 10.8 Å². The van der Waals surface area contributed by atoms with Gasteiger partial charge in [-0.25, -0.2) is 23.7 Å². The highest BCUT2D eigenvalue weighted by atomic mass is 32.1. The molecule has 1 fully saturated rings. The lowest BCUT2D eigenvalue weighted by Crippen LogP contribution is -2.32. The second-order valence-corrected chi connectivity index (χ2v) is 6.93. The average Bonchev–Trinajstić information content (AvgIpc) is 2.96. The van der Waals surface area contributed by atoms with E-state index in [1.807, 2.05) is 12.3 Å². The Morgan fingerprint density at radius 3 is 2.67 bits per heavy atom. The lowest BCUT2D eigenvalue weighted by Gasteiger charge is -2.29. The van der Waals surface area contributed by atoms with Gasteiger partial charge >= 0.3 is 0 Å². The standard InChI is InChI=1S/C16H20F2N4OS/c1-10-9-24-15(19-10)14-21-12(8-23-2)7-13(22-14)20-11-3-5-16(17,18)6-4-11/h7,9,11H,3-6,8H2,1-2H3,(H,20,21,22). The number of rotatable bonds is 5. The van der Waals surface area contributed by atoms with Gasteiger partial charge in [-0.3, -0.25) is 0 Å². The van der Waals surface area contributed by atoms with Crippen molar-refractivity contribution in [3.63, 3.8) is 0 Å². The van der Waals surface area contributed by atoms with Crippen LogP contribution in [-0.4, -0.2) is 34.0 Å². The Morgan fingerprint density at radius 2 is 2.04 bits per heavy atom. The van der Waals surface area contributed by atoms with Crippen LogP contribution in [-0.2, 0) is 11.3 Å². The highest BCUT2D eigenvalue weighted by Crippen LogP contribution is 2.34. The molecule has 1 aliphatic carbocycles. The molecular formula is C16H20F2N4OS. The Kier molecular flexibility index (Phi) is 5.05. The molecule has 0 spiro atoms. The van der Waals surface area contributed by atoms with Gasteiger partial charge in [0.2, 0.25) is 5.92 Å². The van der Waals surface area contributed by atoms with Gasteiger partial charge in [-0.05, 0) is 19.8 Å². The number of nitrogens with one attached hydrogen (secondary N) is 1. The maximum absolute atomic E-state index is 13.3. The van der Waals surface area contributed by atoms with Crippen LogP contribution in [0.2, 0.25) is 0 Å². The maximum atomic E-state index is 13.3. The number of aryl methyl sites for hydroxylation is 1. The Balaban J connectivity index is 1.80. The van der Waals surface area contributed by atoms with Crippen molar-refractivity contribution in [2.45, 2.75) is 51.2 Å². The first-order valence-corrected chi connectivity index (χ1v) is 8.77. The minimum atomic E-state index is -2.53. The van der Waals surface area contributed by atoms with Gasteiger partial charge < -0.3 is 10.1 Å². The molecule has 1 aliphatic rings. The molecule has 130 valence electrons. The predicted octanol–water partition coefficient (Wildman–Crippen LogP) is 4.04. The number of anilines is 1. The van der Waals surface area contributed by atoms with E-state index in [2.05, 4.69) is 20.3 Å². The molecule has 2 heterocycles. The summed E-state index contributed by atoms with van der Waals surface area (Å²) in [5.74, 6) is -1.37. The summed E-state index contributed by atoms with van der Waals surface area (Å²) in [6.07, 6.45) is 0.697. The van der Waals surface area contributed by atoms with E-state index in [4.69, 9.17) is 4.74 Å². The highest BCUT2D eigenvalue weighted by molar-refractivity contribution is 7.13. The molecule has 1 saturated carbocycles. The van der Waals surface area contributed by atoms with E-state index in [9.17, 15) is 8.78 Å². The van der Waals surface area contributed by atoms with Crippen LogP contribution >= 0.6 is 11.3 Å². The van der Waals surface area contributed by atoms with Gasteiger partial charge in [-0.15, -0.1) is 11.3 Å². The second-order valence-electron chi connectivity index (χ2n) is 6.07. The number of hydrogen-bond acceptors (Lipinski definition) is 6. The Hall–Kier alpha value is -1.67. The number of hydrogen-bond donors (Lipinski definition) is 1.